The minimum Gasteiger partial charge on any atom is -0.420 e. The number of nitrogens with zero attached hydrogens (tertiary/aromatic N) is 5. The Labute approximate surface area is 128 Å². The van der Waals surface area contributed by atoms with E-state index >= 15 is 0 Å². The van der Waals surface area contributed by atoms with Crippen LogP contribution in [0, 0.1) is 6.92 Å². The van der Waals surface area contributed by atoms with Gasteiger partial charge in [0.2, 0.25) is 11.8 Å². The third-order valence-corrected chi connectivity index (χ3v) is 4.08. The van der Waals surface area contributed by atoms with Crippen molar-refractivity contribution in [1.29, 1.82) is 0 Å². The third kappa shape index (κ3) is 2.84. The second-order valence-corrected chi connectivity index (χ2v) is 5.48. The topological polar surface area (TPSA) is 85.0 Å². The highest BCUT2D eigenvalue weighted by atomic mass is 16.4. The lowest BCUT2D eigenvalue weighted by Crippen LogP contribution is -2.37. The van der Waals surface area contributed by atoms with E-state index in [1.807, 2.05) is 18.7 Å². The fourth-order valence-corrected chi connectivity index (χ4v) is 2.71. The summed E-state index contributed by atoms with van der Waals surface area (Å²) in [7, 11) is 0. The number of piperidine rings is 1. The van der Waals surface area contributed by atoms with E-state index in [2.05, 4.69) is 20.2 Å². The predicted molar refractivity (Wildman–Crippen MR) is 78.9 cm³/mol. The summed E-state index contributed by atoms with van der Waals surface area (Å²) in [5, 5.41) is 8.29. The Morgan fingerprint density at radius 3 is 2.82 bits per heavy atom. The van der Waals surface area contributed by atoms with Gasteiger partial charge in [-0.1, -0.05) is 6.92 Å². The smallest absolute Gasteiger partial charge is 0.251 e. The Morgan fingerprint density at radius 2 is 2.14 bits per heavy atom. The number of hydrogen-bond acceptors (Lipinski definition) is 6. The summed E-state index contributed by atoms with van der Waals surface area (Å²) in [5.41, 5.74) is 1.58. The molecule has 3 rings (SSSR count). The molecule has 0 aliphatic carbocycles. The molecular formula is C15H19N5O2. The normalized spacial score (nSPS) is 16.0. The average molecular weight is 301 g/mol. The summed E-state index contributed by atoms with van der Waals surface area (Å²) < 4.78 is 5.81. The highest BCUT2D eigenvalue weighted by molar-refractivity contribution is 5.75. The van der Waals surface area contributed by atoms with Crippen molar-refractivity contribution in [2.45, 2.75) is 39.0 Å². The van der Waals surface area contributed by atoms with E-state index in [0.29, 0.717) is 18.2 Å². The first-order valence-electron chi connectivity index (χ1n) is 7.57. The highest BCUT2D eigenvalue weighted by Crippen LogP contribution is 2.29. The number of hydrogen-bond donors (Lipinski definition) is 0. The second kappa shape index (κ2) is 6.21. The van der Waals surface area contributed by atoms with Crippen LogP contribution in [0.25, 0.3) is 11.5 Å². The van der Waals surface area contributed by atoms with Crippen molar-refractivity contribution in [1.82, 2.24) is 25.1 Å². The van der Waals surface area contributed by atoms with Crippen LogP contribution in [0.2, 0.25) is 0 Å². The van der Waals surface area contributed by atoms with Crippen LogP contribution in [-0.4, -0.2) is 44.1 Å². The summed E-state index contributed by atoms with van der Waals surface area (Å²) in [6.07, 6.45) is 5.46. The number of amides is 1. The first-order chi connectivity index (χ1) is 10.7. The SMILES string of the molecule is CCC(=O)N1CCC(c2nnc(-c3cncnc3C)o2)CC1. The Bertz CT molecular complexity index is 661. The van der Waals surface area contributed by atoms with Crippen LogP contribution in [0.15, 0.2) is 16.9 Å². The molecule has 1 aliphatic heterocycles. The molecule has 1 amide bonds. The largest absolute Gasteiger partial charge is 0.420 e. The zero-order valence-electron chi connectivity index (χ0n) is 12.8. The van der Waals surface area contributed by atoms with Gasteiger partial charge in [0.1, 0.15) is 6.33 Å². The molecule has 1 aliphatic rings. The lowest BCUT2D eigenvalue weighted by atomic mass is 9.96. The van der Waals surface area contributed by atoms with E-state index in [4.69, 9.17) is 4.42 Å². The van der Waals surface area contributed by atoms with Gasteiger partial charge in [-0.25, -0.2) is 9.97 Å². The quantitative estimate of drug-likeness (QED) is 0.861. The van der Waals surface area contributed by atoms with Gasteiger partial charge in [-0.3, -0.25) is 4.79 Å². The lowest BCUT2D eigenvalue weighted by molar-refractivity contribution is -0.131. The maximum atomic E-state index is 11.7. The fraction of sp³-hybridized carbons (Fsp3) is 0.533. The standard InChI is InChI=1S/C15H19N5O2/c1-3-13(21)20-6-4-11(5-7-20)14-18-19-15(22-14)12-8-16-9-17-10(12)2/h8-9,11H,3-7H2,1-2H3. The second-order valence-electron chi connectivity index (χ2n) is 5.48. The molecular weight excluding hydrogens is 282 g/mol. The molecule has 0 bridgehead atoms. The van der Waals surface area contributed by atoms with Crippen molar-refractivity contribution >= 4 is 5.91 Å². The molecule has 0 saturated carbocycles. The molecule has 0 spiro atoms. The Hall–Kier alpha value is -2.31. The summed E-state index contributed by atoms with van der Waals surface area (Å²) in [4.78, 5) is 21.7. The van der Waals surface area contributed by atoms with Gasteiger partial charge in [-0.15, -0.1) is 10.2 Å². The van der Waals surface area contributed by atoms with Crippen molar-refractivity contribution in [2.24, 2.45) is 0 Å². The van der Waals surface area contributed by atoms with Gasteiger partial charge < -0.3 is 9.32 Å². The van der Waals surface area contributed by atoms with Gasteiger partial charge in [0.25, 0.3) is 5.89 Å². The molecule has 0 atom stereocenters. The number of carbonyl (C=O) groups excluding carboxylic acids is 1. The minimum absolute atomic E-state index is 0.210. The molecule has 116 valence electrons. The van der Waals surface area contributed by atoms with Crippen LogP contribution in [0.5, 0.6) is 0 Å². The molecule has 2 aromatic heterocycles. The van der Waals surface area contributed by atoms with Gasteiger partial charge >= 0.3 is 0 Å². The molecule has 0 unspecified atom stereocenters. The Balaban J connectivity index is 1.71. The van der Waals surface area contributed by atoms with Crippen LogP contribution >= 0.6 is 0 Å². The van der Waals surface area contributed by atoms with Gasteiger partial charge in [-0.2, -0.15) is 0 Å². The number of carbonyl (C=O) groups is 1. The van der Waals surface area contributed by atoms with Crippen LogP contribution in [0.1, 0.15) is 43.7 Å². The van der Waals surface area contributed by atoms with Crippen LogP contribution in [0.4, 0.5) is 0 Å². The molecule has 3 heterocycles. The molecule has 22 heavy (non-hydrogen) atoms. The lowest BCUT2D eigenvalue weighted by Gasteiger charge is -2.30. The Kier molecular flexibility index (Phi) is 4.13. The first kappa shape index (κ1) is 14.6. The number of aromatic nitrogens is 4. The van der Waals surface area contributed by atoms with Crippen molar-refractivity contribution in [2.75, 3.05) is 13.1 Å². The summed E-state index contributed by atoms with van der Waals surface area (Å²) in [5.74, 6) is 1.52. The van der Waals surface area contributed by atoms with E-state index in [-0.39, 0.29) is 11.8 Å². The first-order valence-corrected chi connectivity index (χ1v) is 7.57. The van der Waals surface area contributed by atoms with Crippen LogP contribution in [-0.2, 0) is 4.79 Å². The van der Waals surface area contributed by atoms with Gasteiger partial charge in [-0.05, 0) is 19.8 Å². The zero-order chi connectivity index (χ0) is 15.5. The average Bonchev–Trinajstić information content (AvgIpc) is 3.04. The van der Waals surface area contributed by atoms with E-state index < -0.39 is 0 Å². The summed E-state index contributed by atoms with van der Waals surface area (Å²) in [6.45, 7) is 5.28. The Morgan fingerprint density at radius 1 is 1.36 bits per heavy atom. The summed E-state index contributed by atoms with van der Waals surface area (Å²) >= 11 is 0. The number of likely N-dealkylation sites (tertiary alicyclic amines) is 1. The zero-order valence-corrected chi connectivity index (χ0v) is 12.8. The minimum atomic E-state index is 0.210. The maximum Gasteiger partial charge on any atom is 0.251 e. The molecule has 0 radical (unpaired) electrons. The molecule has 2 aromatic rings. The molecule has 0 aromatic carbocycles. The van der Waals surface area contributed by atoms with Gasteiger partial charge in [0, 0.05) is 31.6 Å². The molecule has 7 nitrogen and oxygen atoms in total. The maximum absolute atomic E-state index is 11.7. The summed E-state index contributed by atoms with van der Waals surface area (Å²) in [6, 6.07) is 0. The van der Waals surface area contributed by atoms with E-state index in [1.54, 1.807) is 6.20 Å². The predicted octanol–water partition coefficient (Wildman–Crippen LogP) is 1.95. The molecule has 7 heteroatoms. The number of rotatable bonds is 3. The van der Waals surface area contributed by atoms with Crippen molar-refractivity contribution < 1.29 is 9.21 Å². The molecule has 0 N–H and O–H groups in total. The van der Waals surface area contributed by atoms with Crippen molar-refractivity contribution in [3.63, 3.8) is 0 Å². The molecule has 1 fully saturated rings. The molecule has 1 saturated heterocycles. The number of aryl methyl sites for hydroxylation is 1. The fourth-order valence-electron chi connectivity index (χ4n) is 2.71. The monoisotopic (exact) mass is 301 g/mol. The van der Waals surface area contributed by atoms with Crippen molar-refractivity contribution in [3.8, 4) is 11.5 Å². The van der Waals surface area contributed by atoms with E-state index in [0.717, 1.165) is 37.2 Å². The highest BCUT2D eigenvalue weighted by Gasteiger charge is 2.27. The van der Waals surface area contributed by atoms with Crippen molar-refractivity contribution in [3.05, 3.63) is 24.1 Å². The van der Waals surface area contributed by atoms with E-state index in [9.17, 15) is 4.79 Å². The van der Waals surface area contributed by atoms with Gasteiger partial charge in [0.15, 0.2) is 0 Å². The van der Waals surface area contributed by atoms with Gasteiger partial charge in [0.05, 0.1) is 11.3 Å². The van der Waals surface area contributed by atoms with Crippen LogP contribution < -0.4 is 0 Å². The van der Waals surface area contributed by atoms with Crippen LogP contribution in [0.3, 0.4) is 0 Å². The van der Waals surface area contributed by atoms with E-state index in [1.165, 1.54) is 6.33 Å². The third-order valence-electron chi connectivity index (χ3n) is 4.08.